The number of nitrogens with zero attached hydrogens (tertiary/aromatic N) is 2. The molecule has 0 saturated heterocycles. The molecule has 4 aromatic rings. The number of anilines is 1. The quantitative estimate of drug-likeness (QED) is 0.405. The Labute approximate surface area is 194 Å². The van der Waals surface area contributed by atoms with Crippen molar-refractivity contribution in [3.8, 4) is 11.5 Å². The zero-order valence-corrected chi connectivity index (χ0v) is 18.7. The van der Waals surface area contributed by atoms with Gasteiger partial charge in [-0.25, -0.2) is 4.79 Å². The average molecular weight is 460 g/mol. The maximum Gasteiger partial charge on any atom is 0.341 e. The number of hydrogen-bond acceptors (Lipinski definition) is 8. The van der Waals surface area contributed by atoms with E-state index in [1.54, 1.807) is 31.1 Å². The topological polar surface area (TPSA) is 85.9 Å². The van der Waals surface area contributed by atoms with E-state index in [0.29, 0.717) is 29.3 Å². The fourth-order valence-corrected chi connectivity index (χ4v) is 4.49. The number of aromatic nitrogens is 1. The number of ether oxygens (including phenoxy) is 2. The lowest BCUT2D eigenvalue weighted by Crippen LogP contribution is -2.11. The van der Waals surface area contributed by atoms with Crippen LogP contribution in [-0.2, 0) is 6.61 Å². The highest BCUT2D eigenvalue weighted by Gasteiger charge is 2.24. The first-order chi connectivity index (χ1) is 16.2. The predicted molar refractivity (Wildman–Crippen MR) is 130 cm³/mol. The van der Waals surface area contributed by atoms with E-state index < -0.39 is 5.63 Å². The molecule has 166 valence electrons. The molecule has 0 fully saturated rings. The Kier molecular flexibility index (Phi) is 5.99. The van der Waals surface area contributed by atoms with Crippen LogP contribution in [0.15, 0.2) is 87.1 Å². The number of nitrogens with one attached hydrogen (secondary N) is 1. The van der Waals surface area contributed by atoms with E-state index in [-0.39, 0.29) is 6.04 Å². The molecule has 2 aromatic heterocycles. The molecule has 0 saturated carbocycles. The van der Waals surface area contributed by atoms with Crippen LogP contribution in [0.3, 0.4) is 0 Å². The van der Waals surface area contributed by atoms with E-state index in [2.05, 4.69) is 10.3 Å². The molecule has 0 radical (unpaired) electrons. The summed E-state index contributed by atoms with van der Waals surface area (Å²) in [6, 6.07) is 20.3. The number of rotatable bonds is 6. The Hall–Kier alpha value is -3.78. The highest BCUT2D eigenvalue weighted by molar-refractivity contribution is 8.14. The smallest absolute Gasteiger partial charge is 0.341 e. The highest BCUT2D eigenvalue weighted by Crippen LogP contribution is 2.33. The number of hydrogen-bond donors (Lipinski definition) is 1. The summed E-state index contributed by atoms with van der Waals surface area (Å²) in [5, 5.41) is 4.84. The standard InChI is InChI=1S/C25H21N3O4S/c1-30-22-8-3-2-7-20(22)27-25-28-21(15-33-25)19-12-16-9-10-18(13-23(16)32-24(19)29)31-14-17-6-4-5-11-26-17/h2-13,21H,14-15H2,1H3,(H,27,28). The van der Waals surface area contributed by atoms with E-state index in [0.717, 1.165) is 27.7 Å². The molecule has 1 aliphatic rings. The Morgan fingerprint density at radius 3 is 2.85 bits per heavy atom. The fourth-order valence-electron chi connectivity index (χ4n) is 3.54. The van der Waals surface area contributed by atoms with Crippen molar-refractivity contribution in [3.05, 3.63) is 94.6 Å². The molecular formula is C25H21N3O4S. The van der Waals surface area contributed by atoms with Crippen molar-refractivity contribution in [3.63, 3.8) is 0 Å². The minimum Gasteiger partial charge on any atom is -0.495 e. The van der Waals surface area contributed by atoms with Gasteiger partial charge < -0.3 is 19.2 Å². The highest BCUT2D eigenvalue weighted by atomic mass is 32.2. The van der Waals surface area contributed by atoms with Crippen molar-refractivity contribution in [1.29, 1.82) is 0 Å². The summed E-state index contributed by atoms with van der Waals surface area (Å²) in [7, 11) is 1.63. The van der Waals surface area contributed by atoms with Crippen molar-refractivity contribution in [2.24, 2.45) is 4.99 Å². The number of para-hydroxylation sites is 2. The van der Waals surface area contributed by atoms with E-state index in [4.69, 9.17) is 18.9 Å². The van der Waals surface area contributed by atoms with Crippen molar-refractivity contribution >= 4 is 33.6 Å². The van der Waals surface area contributed by atoms with Crippen LogP contribution in [0.1, 0.15) is 17.3 Å². The Bertz CT molecular complexity index is 1370. The second-order valence-electron chi connectivity index (χ2n) is 7.38. The van der Waals surface area contributed by atoms with Crippen LogP contribution < -0.4 is 20.4 Å². The van der Waals surface area contributed by atoms with Crippen molar-refractivity contribution in [2.45, 2.75) is 12.6 Å². The molecule has 0 bridgehead atoms. The average Bonchev–Trinajstić information content (AvgIpc) is 3.31. The van der Waals surface area contributed by atoms with Gasteiger partial charge >= 0.3 is 5.63 Å². The molecule has 0 spiro atoms. The number of methoxy groups -OCH3 is 1. The first-order valence-electron chi connectivity index (χ1n) is 10.4. The molecule has 5 rings (SSSR count). The van der Waals surface area contributed by atoms with Gasteiger partial charge in [-0.15, -0.1) is 0 Å². The summed E-state index contributed by atoms with van der Waals surface area (Å²) in [6.45, 7) is 0.338. The normalized spacial score (nSPS) is 15.3. The van der Waals surface area contributed by atoms with Crippen LogP contribution in [0, 0.1) is 0 Å². The largest absolute Gasteiger partial charge is 0.495 e. The van der Waals surface area contributed by atoms with Gasteiger partial charge in [0.15, 0.2) is 5.17 Å². The summed E-state index contributed by atoms with van der Waals surface area (Å²) < 4.78 is 16.8. The number of fused-ring (bicyclic) bond motifs is 1. The van der Waals surface area contributed by atoms with Crippen LogP contribution in [0.4, 0.5) is 5.69 Å². The zero-order chi connectivity index (χ0) is 22.6. The lowest BCUT2D eigenvalue weighted by molar-refractivity contribution is 0.301. The fraction of sp³-hybridized carbons (Fsp3) is 0.160. The second-order valence-corrected chi connectivity index (χ2v) is 8.39. The third-order valence-electron chi connectivity index (χ3n) is 5.21. The molecule has 0 aliphatic carbocycles. The number of benzene rings is 2. The van der Waals surface area contributed by atoms with Gasteiger partial charge in [0.25, 0.3) is 0 Å². The molecule has 0 amide bonds. The molecule has 33 heavy (non-hydrogen) atoms. The Morgan fingerprint density at radius 2 is 2.00 bits per heavy atom. The van der Waals surface area contributed by atoms with Crippen LogP contribution in [0.2, 0.25) is 0 Å². The molecule has 2 aromatic carbocycles. The maximum atomic E-state index is 12.7. The predicted octanol–water partition coefficient (Wildman–Crippen LogP) is 5.03. The first kappa shape index (κ1) is 21.1. The van der Waals surface area contributed by atoms with Gasteiger partial charge in [0.05, 0.1) is 30.1 Å². The Balaban J connectivity index is 1.34. The SMILES string of the molecule is COc1ccccc1NC1=NC(c2cc3ccc(OCc4ccccn4)cc3oc2=O)CS1. The number of aliphatic imine (C=N–C) groups is 1. The zero-order valence-electron chi connectivity index (χ0n) is 17.9. The van der Waals surface area contributed by atoms with Gasteiger partial charge in [0.2, 0.25) is 0 Å². The van der Waals surface area contributed by atoms with Crippen molar-refractivity contribution in [2.75, 3.05) is 18.2 Å². The summed E-state index contributed by atoms with van der Waals surface area (Å²) in [5.41, 5.74) is 2.27. The van der Waals surface area contributed by atoms with Crippen LogP contribution >= 0.6 is 11.8 Å². The van der Waals surface area contributed by atoms with Gasteiger partial charge in [-0.05, 0) is 42.5 Å². The molecule has 1 unspecified atom stereocenters. The lowest BCUT2D eigenvalue weighted by Gasteiger charge is -2.09. The summed E-state index contributed by atoms with van der Waals surface area (Å²) >= 11 is 1.56. The van der Waals surface area contributed by atoms with Gasteiger partial charge in [-0.1, -0.05) is 30.0 Å². The third kappa shape index (κ3) is 4.70. The number of thioether (sulfide) groups is 1. The molecule has 1 atom stereocenters. The monoisotopic (exact) mass is 459 g/mol. The molecule has 3 heterocycles. The van der Waals surface area contributed by atoms with E-state index in [9.17, 15) is 4.79 Å². The number of amidine groups is 1. The molecule has 8 heteroatoms. The van der Waals surface area contributed by atoms with Gasteiger partial charge in [-0.2, -0.15) is 0 Å². The molecule has 1 N–H and O–H groups in total. The Morgan fingerprint density at radius 1 is 1.12 bits per heavy atom. The lowest BCUT2D eigenvalue weighted by atomic mass is 10.1. The van der Waals surface area contributed by atoms with Gasteiger partial charge in [0.1, 0.15) is 23.7 Å². The van der Waals surface area contributed by atoms with Crippen LogP contribution in [-0.4, -0.2) is 23.0 Å². The van der Waals surface area contributed by atoms with Gasteiger partial charge in [0, 0.05) is 23.4 Å². The van der Waals surface area contributed by atoms with E-state index >= 15 is 0 Å². The van der Waals surface area contributed by atoms with E-state index in [1.807, 2.05) is 60.7 Å². The summed E-state index contributed by atoms with van der Waals surface area (Å²) in [5.74, 6) is 2.00. The third-order valence-corrected chi connectivity index (χ3v) is 6.17. The minimum absolute atomic E-state index is 0.284. The van der Waals surface area contributed by atoms with Crippen molar-refractivity contribution in [1.82, 2.24) is 4.98 Å². The van der Waals surface area contributed by atoms with E-state index in [1.165, 1.54) is 0 Å². The van der Waals surface area contributed by atoms with Gasteiger partial charge in [-0.3, -0.25) is 9.98 Å². The molecule has 7 nitrogen and oxygen atoms in total. The molecule has 1 aliphatic heterocycles. The maximum absolute atomic E-state index is 12.7. The molecular weight excluding hydrogens is 438 g/mol. The summed E-state index contributed by atoms with van der Waals surface area (Å²) in [6.07, 6.45) is 1.72. The number of pyridine rings is 1. The minimum atomic E-state index is -0.391. The first-order valence-corrected chi connectivity index (χ1v) is 11.4. The summed E-state index contributed by atoms with van der Waals surface area (Å²) in [4.78, 5) is 21.7. The van der Waals surface area contributed by atoms with Crippen molar-refractivity contribution < 1.29 is 13.9 Å². The van der Waals surface area contributed by atoms with Crippen LogP contribution in [0.25, 0.3) is 11.0 Å². The van der Waals surface area contributed by atoms with Crippen LogP contribution in [0.5, 0.6) is 11.5 Å². The second kappa shape index (κ2) is 9.38.